The first-order valence-corrected chi connectivity index (χ1v) is 19.1. The number of aliphatic hydroxyl groups is 3. The number of hydrogen-bond acceptors (Lipinski definition) is 15. The van der Waals surface area contributed by atoms with Crippen LogP contribution >= 0.6 is 0 Å². The number of phenolic OH excluding ortho intramolecular Hbond substituents is 8. The van der Waals surface area contributed by atoms with Crippen LogP contribution in [0.15, 0.2) is 77.9 Å². The Kier molecular flexibility index (Phi) is 12.6. The third-order valence-corrected chi connectivity index (χ3v) is 10.9. The van der Waals surface area contributed by atoms with Gasteiger partial charge < -0.3 is 70.8 Å². The lowest BCUT2D eigenvalue weighted by Gasteiger charge is -2.38. The second kappa shape index (κ2) is 17.5. The van der Waals surface area contributed by atoms with Crippen molar-refractivity contribution < 1.29 is 80.3 Å². The summed E-state index contributed by atoms with van der Waals surface area (Å²) in [6.07, 6.45) is -3.11. The van der Waals surface area contributed by atoms with E-state index >= 15 is 0 Å². The van der Waals surface area contributed by atoms with E-state index in [1.54, 1.807) is 19.1 Å². The van der Waals surface area contributed by atoms with Gasteiger partial charge in [-0.3, -0.25) is 4.79 Å². The first-order valence-electron chi connectivity index (χ1n) is 19.1. The molecule has 61 heavy (non-hydrogen) atoms. The number of carboxylic acids is 1. The summed E-state index contributed by atoms with van der Waals surface area (Å²) < 4.78 is 10.8. The summed E-state index contributed by atoms with van der Waals surface area (Å²) in [5.74, 6) is -9.25. The Balaban J connectivity index is 1.43. The van der Waals surface area contributed by atoms with Crippen molar-refractivity contribution in [3.8, 4) is 51.7 Å². The Morgan fingerprint density at radius 2 is 1.43 bits per heavy atom. The van der Waals surface area contributed by atoms with E-state index < -0.39 is 94.7 Å². The van der Waals surface area contributed by atoms with Gasteiger partial charge in [0.2, 0.25) is 6.29 Å². The fourth-order valence-corrected chi connectivity index (χ4v) is 7.80. The van der Waals surface area contributed by atoms with E-state index in [1.807, 2.05) is 13.8 Å². The highest BCUT2D eigenvalue weighted by Gasteiger charge is 2.48. The average molecular weight is 843 g/mol. The number of carbonyl (C=O) groups excluding carboxylic acids is 1. The summed E-state index contributed by atoms with van der Waals surface area (Å²) in [6, 6.07) is 11.0. The van der Waals surface area contributed by atoms with Gasteiger partial charge in [0.1, 0.15) is 58.6 Å². The molecule has 0 bridgehead atoms. The van der Waals surface area contributed by atoms with Gasteiger partial charge in [0.05, 0.1) is 5.56 Å². The molecule has 8 atom stereocenters. The zero-order chi connectivity index (χ0) is 44.6. The molecule has 0 amide bonds. The van der Waals surface area contributed by atoms with Crippen LogP contribution in [0.5, 0.6) is 51.7 Å². The van der Waals surface area contributed by atoms with Crippen LogP contribution in [-0.2, 0) is 16.0 Å². The Bertz CT molecular complexity index is 2420. The van der Waals surface area contributed by atoms with E-state index in [0.29, 0.717) is 5.57 Å². The first-order chi connectivity index (χ1) is 28.8. The lowest BCUT2D eigenvalue weighted by atomic mass is 9.65. The van der Waals surface area contributed by atoms with Gasteiger partial charge in [0.15, 0.2) is 23.4 Å². The molecule has 322 valence electrons. The number of aliphatic hydroxyl groups excluding tert-OH is 3. The van der Waals surface area contributed by atoms with Crippen molar-refractivity contribution in [3.63, 3.8) is 0 Å². The summed E-state index contributed by atoms with van der Waals surface area (Å²) >= 11 is 0. The smallest absolute Gasteiger partial charge is 0.335 e. The monoisotopic (exact) mass is 842 g/mol. The molecular weight excluding hydrogens is 796 g/mol. The summed E-state index contributed by atoms with van der Waals surface area (Å²) in [5.41, 5.74) is 1.89. The molecular formula is C45H46O16. The number of allylic oxidation sites excluding steroid dienone is 4. The Labute approximate surface area is 348 Å². The van der Waals surface area contributed by atoms with Gasteiger partial charge in [-0.25, -0.2) is 4.79 Å². The highest BCUT2D eigenvalue weighted by Crippen LogP contribution is 2.53. The van der Waals surface area contributed by atoms with Crippen molar-refractivity contribution >= 4 is 23.9 Å². The van der Waals surface area contributed by atoms with Crippen LogP contribution in [-0.4, -0.2) is 104 Å². The van der Waals surface area contributed by atoms with E-state index in [1.165, 1.54) is 48.6 Å². The van der Waals surface area contributed by atoms with Gasteiger partial charge in [0.25, 0.3) is 0 Å². The second-order valence-electron chi connectivity index (χ2n) is 15.5. The molecule has 2 aliphatic rings. The Morgan fingerprint density at radius 1 is 0.754 bits per heavy atom. The molecule has 4 aromatic rings. The number of ketones is 1. The topological polar surface area (TPSA) is 295 Å². The summed E-state index contributed by atoms with van der Waals surface area (Å²) in [5, 5.41) is 127. The molecule has 16 heteroatoms. The molecule has 0 aromatic heterocycles. The van der Waals surface area contributed by atoms with Crippen molar-refractivity contribution in [2.24, 2.45) is 5.92 Å². The number of rotatable bonds is 11. The van der Waals surface area contributed by atoms with Crippen LogP contribution in [0.2, 0.25) is 0 Å². The van der Waals surface area contributed by atoms with E-state index in [9.17, 15) is 70.9 Å². The Morgan fingerprint density at radius 3 is 2.07 bits per heavy atom. The minimum Gasteiger partial charge on any atom is -0.508 e. The minimum atomic E-state index is -1.97. The summed E-state index contributed by atoms with van der Waals surface area (Å²) in [4.78, 5) is 26.6. The third kappa shape index (κ3) is 8.93. The largest absolute Gasteiger partial charge is 0.508 e. The van der Waals surface area contributed by atoms with Crippen LogP contribution in [0.3, 0.4) is 0 Å². The second-order valence-corrected chi connectivity index (χ2v) is 15.5. The average Bonchev–Trinajstić information content (AvgIpc) is 3.18. The number of Topliss-reactive ketones (excluding diaryl/α,β-unsaturated/α-hetero) is 1. The molecule has 12 N–H and O–H groups in total. The molecule has 1 aliphatic heterocycles. The first kappa shape index (κ1) is 43.8. The number of ether oxygens (including phenoxy) is 2. The van der Waals surface area contributed by atoms with Crippen LogP contribution in [0.25, 0.3) is 12.2 Å². The predicted molar refractivity (Wildman–Crippen MR) is 218 cm³/mol. The Hall–Kier alpha value is -6.72. The van der Waals surface area contributed by atoms with Gasteiger partial charge in [-0.2, -0.15) is 0 Å². The lowest BCUT2D eigenvalue weighted by molar-refractivity contribution is -0.271. The van der Waals surface area contributed by atoms with E-state index in [2.05, 4.69) is 0 Å². The van der Waals surface area contributed by atoms with Gasteiger partial charge in [-0.1, -0.05) is 41.5 Å². The fraction of sp³-hybridized carbons (Fsp3) is 0.289. The molecule has 0 saturated carbocycles. The standard InChI is InChI=1S/C45H46O16/c1-19(2)4-8-25-29(46)11-10-26(38(25)53)39(54)36-27(24-9-7-23(17-31(24)48)60-45-42(57)40(55)41(56)43(61-45)44(58)59)12-20(3)13-28(36)37-34(51)14-21(15-35(37)52)5-6-22-16-32(49)33(50)18-30(22)47/h4-7,9-11,13-18,27-28,36,40-43,45-53,55-57H,8,12H2,1-3H3,(H,58,59)/b6-5+. The molecule has 6 rings (SSSR count). The SMILES string of the molecule is CC(C)=CCc1c(O)ccc(C(=O)C2C(c3c(O)cc(/C=C/c4cc(O)c(O)cc4O)cc3O)C=C(C)CC2c2ccc(OC3OC(C(=O)O)C(O)C(O)C3O)cc2O)c1O. The number of phenols is 8. The maximum Gasteiger partial charge on any atom is 0.335 e. The number of benzene rings is 4. The fourth-order valence-electron chi connectivity index (χ4n) is 7.80. The van der Waals surface area contributed by atoms with Gasteiger partial charge >= 0.3 is 5.97 Å². The van der Waals surface area contributed by atoms with Crippen molar-refractivity contribution in [1.29, 1.82) is 0 Å². The summed E-state index contributed by atoms with van der Waals surface area (Å²) in [7, 11) is 0. The molecule has 1 aliphatic carbocycles. The van der Waals surface area contributed by atoms with E-state index in [0.717, 1.165) is 23.8 Å². The van der Waals surface area contributed by atoms with Crippen LogP contribution in [0, 0.1) is 5.92 Å². The van der Waals surface area contributed by atoms with E-state index in [-0.39, 0.29) is 63.5 Å². The quantitative estimate of drug-likeness (QED) is 0.0311. The molecule has 1 heterocycles. The lowest BCUT2D eigenvalue weighted by Crippen LogP contribution is -2.61. The normalized spacial score (nSPS) is 23.9. The highest BCUT2D eigenvalue weighted by molar-refractivity contribution is 6.02. The number of aromatic hydroxyl groups is 8. The molecule has 1 fully saturated rings. The van der Waals surface area contributed by atoms with Crippen molar-refractivity contribution in [1.82, 2.24) is 0 Å². The third-order valence-electron chi connectivity index (χ3n) is 10.9. The van der Waals surface area contributed by atoms with Gasteiger partial charge in [-0.15, -0.1) is 0 Å². The number of carboxylic acid groups (broad SMARTS) is 1. The molecule has 4 aromatic carbocycles. The minimum absolute atomic E-state index is 0.0793. The zero-order valence-corrected chi connectivity index (χ0v) is 33.0. The van der Waals surface area contributed by atoms with Crippen LogP contribution in [0.1, 0.15) is 77.2 Å². The predicted octanol–water partition coefficient (Wildman–Crippen LogP) is 5.00. The van der Waals surface area contributed by atoms with Crippen molar-refractivity contribution in [2.75, 3.05) is 0 Å². The van der Waals surface area contributed by atoms with Crippen LogP contribution in [0.4, 0.5) is 0 Å². The maximum atomic E-state index is 15.0. The summed E-state index contributed by atoms with van der Waals surface area (Å²) in [6.45, 7) is 5.39. The maximum absolute atomic E-state index is 15.0. The number of hydrogen-bond donors (Lipinski definition) is 12. The number of carbonyl (C=O) groups is 2. The molecule has 0 spiro atoms. The van der Waals surface area contributed by atoms with Crippen molar-refractivity contribution in [3.05, 3.63) is 111 Å². The highest BCUT2D eigenvalue weighted by atomic mass is 16.7. The number of aliphatic carboxylic acids is 1. The molecule has 1 saturated heterocycles. The van der Waals surface area contributed by atoms with E-state index in [4.69, 9.17) is 9.47 Å². The van der Waals surface area contributed by atoms with Crippen molar-refractivity contribution in [2.45, 2.75) is 76.2 Å². The molecule has 16 nitrogen and oxygen atoms in total. The molecule has 8 unspecified atom stereocenters. The van der Waals surface area contributed by atoms with Crippen LogP contribution < -0.4 is 4.74 Å². The van der Waals surface area contributed by atoms with Gasteiger partial charge in [0, 0.05) is 46.6 Å². The zero-order valence-electron chi connectivity index (χ0n) is 33.0. The molecule has 0 radical (unpaired) electrons. The van der Waals surface area contributed by atoms with Gasteiger partial charge in [-0.05, 0) is 81.1 Å².